The molecule has 1 saturated carbocycles. The summed E-state index contributed by atoms with van der Waals surface area (Å²) in [7, 11) is 0. The molecule has 1 rings (SSSR count). The third-order valence-electron chi connectivity index (χ3n) is 2.31. The van der Waals surface area contributed by atoms with Crippen LogP contribution in [0.25, 0.3) is 0 Å². The predicted molar refractivity (Wildman–Crippen MR) is 45.0 cm³/mol. The Morgan fingerprint density at radius 2 is 1.67 bits per heavy atom. The molecule has 0 N–H and O–H groups in total. The van der Waals surface area contributed by atoms with Gasteiger partial charge < -0.3 is 0 Å². The summed E-state index contributed by atoms with van der Waals surface area (Å²) in [6, 6.07) is 0. The minimum absolute atomic E-state index is 0.610. The van der Waals surface area contributed by atoms with Crippen LogP contribution in [0.5, 0.6) is 0 Å². The van der Waals surface area contributed by atoms with Gasteiger partial charge in [-0.2, -0.15) is 12.6 Å². The molecule has 0 spiro atoms. The average Bonchev–Trinajstić information content (AvgIpc) is 1.78. The highest BCUT2D eigenvalue weighted by Crippen LogP contribution is 2.36. The molecule has 0 aromatic carbocycles. The average molecular weight is 144 g/mol. The van der Waals surface area contributed by atoms with Crippen molar-refractivity contribution in [3.8, 4) is 0 Å². The van der Waals surface area contributed by atoms with Gasteiger partial charge in [0.25, 0.3) is 0 Å². The van der Waals surface area contributed by atoms with Crippen LogP contribution in [0.4, 0.5) is 0 Å². The Labute approximate surface area is 63.4 Å². The monoisotopic (exact) mass is 144 g/mol. The molecule has 1 aliphatic rings. The van der Waals surface area contributed by atoms with E-state index in [0.717, 1.165) is 0 Å². The van der Waals surface area contributed by atoms with Gasteiger partial charge in [0.15, 0.2) is 0 Å². The second kappa shape index (κ2) is 2.53. The molecule has 0 heterocycles. The summed E-state index contributed by atoms with van der Waals surface area (Å²) in [4.78, 5) is 0. The van der Waals surface area contributed by atoms with Crippen molar-refractivity contribution >= 4 is 12.6 Å². The Morgan fingerprint density at radius 1 is 1.22 bits per heavy atom. The second-order valence-corrected chi connectivity index (χ2v) is 4.63. The van der Waals surface area contributed by atoms with Crippen molar-refractivity contribution in [2.45, 2.75) is 44.8 Å². The lowest BCUT2D eigenvalue weighted by atomic mass is 9.77. The van der Waals surface area contributed by atoms with Gasteiger partial charge in [0.1, 0.15) is 0 Å². The lowest BCUT2D eigenvalue weighted by Gasteiger charge is -2.32. The van der Waals surface area contributed by atoms with E-state index in [-0.39, 0.29) is 0 Å². The van der Waals surface area contributed by atoms with Crippen LogP contribution in [-0.4, -0.2) is 5.25 Å². The summed E-state index contributed by atoms with van der Waals surface area (Å²) >= 11 is 4.44. The highest BCUT2D eigenvalue weighted by Gasteiger charge is 2.24. The van der Waals surface area contributed by atoms with Crippen molar-refractivity contribution in [3.63, 3.8) is 0 Å². The molecule has 1 fully saturated rings. The molecule has 0 aromatic heterocycles. The Morgan fingerprint density at radius 3 is 2.00 bits per heavy atom. The lowest BCUT2D eigenvalue weighted by molar-refractivity contribution is 0.250. The fourth-order valence-corrected chi connectivity index (χ4v) is 1.64. The van der Waals surface area contributed by atoms with E-state index in [1.807, 2.05) is 0 Å². The van der Waals surface area contributed by atoms with Gasteiger partial charge in [0, 0.05) is 5.25 Å². The SMILES string of the molecule is CC1(C)CCC(S)CC1. The molecule has 1 heteroatoms. The van der Waals surface area contributed by atoms with Crippen LogP contribution in [0.2, 0.25) is 0 Å². The molecule has 0 aromatic rings. The van der Waals surface area contributed by atoms with E-state index in [0.29, 0.717) is 10.7 Å². The van der Waals surface area contributed by atoms with Crippen LogP contribution in [0.15, 0.2) is 0 Å². The van der Waals surface area contributed by atoms with Gasteiger partial charge in [-0.15, -0.1) is 0 Å². The minimum Gasteiger partial charge on any atom is -0.176 e. The Bertz CT molecular complexity index is 86.7. The molecule has 0 unspecified atom stereocenters. The lowest BCUT2D eigenvalue weighted by Crippen LogP contribution is -2.21. The van der Waals surface area contributed by atoms with Gasteiger partial charge in [-0.25, -0.2) is 0 Å². The molecule has 0 bridgehead atoms. The maximum atomic E-state index is 4.44. The fraction of sp³-hybridized carbons (Fsp3) is 1.00. The van der Waals surface area contributed by atoms with E-state index >= 15 is 0 Å². The van der Waals surface area contributed by atoms with E-state index in [9.17, 15) is 0 Å². The van der Waals surface area contributed by atoms with Gasteiger partial charge in [0.2, 0.25) is 0 Å². The molecule has 1 aliphatic carbocycles. The molecule has 0 radical (unpaired) electrons. The minimum atomic E-state index is 0.610. The van der Waals surface area contributed by atoms with E-state index < -0.39 is 0 Å². The molecule has 0 atom stereocenters. The first-order chi connectivity index (χ1) is 4.10. The number of hydrogen-bond donors (Lipinski definition) is 1. The first-order valence-electron chi connectivity index (χ1n) is 3.78. The maximum Gasteiger partial charge on any atom is 0.00172 e. The van der Waals surface area contributed by atoms with Gasteiger partial charge in [-0.3, -0.25) is 0 Å². The third kappa shape index (κ3) is 2.21. The van der Waals surface area contributed by atoms with Crippen LogP contribution in [-0.2, 0) is 0 Å². The zero-order valence-electron chi connectivity index (χ0n) is 6.35. The molecular weight excluding hydrogens is 128 g/mol. The molecule has 0 amide bonds. The van der Waals surface area contributed by atoms with Crippen LogP contribution < -0.4 is 0 Å². The van der Waals surface area contributed by atoms with Crippen LogP contribution in [0.1, 0.15) is 39.5 Å². The number of rotatable bonds is 0. The topological polar surface area (TPSA) is 0 Å². The van der Waals surface area contributed by atoms with Gasteiger partial charge in [-0.1, -0.05) is 13.8 Å². The Balaban J connectivity index is 2.35. The molecule has 0 aliphatic heterocycles. The van der Waals surface area contributed by atoms with Crippen molar-refractivity contribution in [2.24, 2.45) is 5.41 Å². The summed E-state index contributed by atoms with van der Waals surface area (Å²) in [5.74, 6) is 0. The van der Waals surface area contributed by atoms with Crippen molar-refractivity contribution < 1.29 is 0 Å². The Hall–Kier alpha value is 0.350. The number of hydrogen-bond acceptors (Lipinski definition) is 1. The zero-order valence-corrected chi connectivity index (χ0v) is 7.25. The normalized spacial score (nSPS) is 28.3. The molecule has 54 valence electrons. The van der Waals surface area contributed by atoms with E-state index in [1.165, 1.54) is 25.7 Å². The van der Waals surface area contributed by atoms with E-state index in [4.69, 9.17) is 0 Å². The van der Waals surface area contributed by atoms with Crippen molar-refractivity contribution in [1.29, 1.82) is 0 Å². The summed E-state index contributed by atoms with van der Waals surface area (Å²) in [5.41, 5.74) is 0.610. The molecule has 0 saturated heterocycles. The van der Waals surface area contributed by atoms with E-state index in [2.05, 4.69) is 26.5 Å². The number of thiol groups is 1. The predicted octanol–water partition coefficient (Wildman–Crippen LogP) is 2.89. The zero-order chi connectivity index (χ0) is 6.91. The largest absolute Gasteiger partial charge is 0.176 e. The van der Waals surface area contributed by atoms with Crippen LogP contribution in [0, 0.1) is 5.41 Å². The summed E-state index contributed by atoms with van der Waals surface area (Å²) < 4.78 is 0. The quantitative estimate of drug-likeness (QED) is 0.497. The summed E-state index contributed by atoms with van der Waals surface area (Å²) in [5, 5.41) is 0.693. The van der Waals surface area contributed by atoms with E-state index in [1.54, 1.807) is 0 Å². The molecule has 0 nitrogen and oxygen atoms in total. The van der Waals surface area contributed by atoms with Crippen molar-refractivity contribution in [2.75, 3.05) is 0 Å². The Kier molecular flexibility index (Phi) is 2.10. The summed E-state index contributed by atoms with van der Waals surface area (Å²) in [6.45, 7) is 4.71. The summed E-state index contributed by atoms with van der Waals surface area (Å²) in [6.07, 6.45) is 5.36. The van der Waals surface area contributed by atoms with Gasteiger partial charge >= 0.3 is 0 Å². The highest BCUT2D eigenvalue weighted by molar-refractivity contribution is 7.80. The van der Waals surface area contributed by atoms with Crippen LogP contribution in [0.3, 0.4) is 0 Å². The highest BCUT2D eigenvalue weighted by atomic mass is 32.1. The molecular formula is C8H16S. The van der Waals surface area contributed by atoms with Crippen molar-refractivity contribution in [3.05, 3.63) is 0 Å². The van der Waals surface area contributed by atoms with Gasteiger partial charge in [0.05, 0.1) is 0 Å². The maximum absolute atomic E-state index is 4.44. The van der Waals surface area contributed by atoms with Gasteiger partial charge in [-0.05, 0) is 31.1 Å². The first kappa shape index (κ1) is 7.46. The fourth-order valence-electron chi connectivity index (χ4n) is 1.38. The second-order valence-electron chi connectivity index (χ2n) is 3.90. The smallest absolute Gasteiger partial charge is 0.00172 e. The van der Waals surface area contributed by atoms with Crippen LogP contribution >= 0.6 is 12.6 Å². The van der Waals surface area contributed by atoms with Crippen molar-refractivity contribution in [1.82, 2.24) is 0 Å². The third-order valence-corrected chi connectivity index (χ3v) is 2.83. The standard InChI is InChI=1S/C8H16S/c1-8(2)5-3-7(9)4-6-8/h7,9H,3-6H2,1-2H3. The first-order valence-corrected chi connectivity index (χ1v) is 4.30. The molecule has 9 heavy (non-hydrogen) atoms.